The van der Waals surface area contributed by atoms with Crippen molar-refractivity contribution in [3.8, 4) is 11.5 Å². The molecule has 0 aromatic heterocycles. The molecule has 0 aliphatic rings. The summed E-state index contributed by atoms with van der Waals surface area (Å²) in [4.78, 5) is -0.338. The molecular formula is C24H33NaO4S. The van der Waals surface area contributed by atoms with Gasteiger partial charge in [-0.3, -0.25) is 0 Å². The average Bonchev–Trinajstić information content (AvgIpc) is 2.70. The third kappa shape index (κ3) is 10.5. The van der Waals surface area contributed by atoms with Crippen molar-refractivity contribution in [2.24, 2.45) is 0 Å². The minimum Gasteiger partial charge on any atom is -0.744 e. The Morgan fingerprint density at radius 2 is 1.30 bits per heavy atom. The molecule has 0 atom stereocenters. The van der Waals surface area contributed by atoms with E-state index in [1.807, 2.05) is 24.3 Å². The van der Waals surface area contributed by atoms with Gasteiger partial charge in [0.15, 0.2) is 0 Å². The van der Waals surface area contributed by atoms with Crippen molar-refractivity contribution < 1.29 is 47.3 Å². The minimum atomic E-state index is -4.56. The molecule has 0 saturated heterocycles. The molecule has 2 aromatic carbocycles. The van der Waals surface area contributed by atoms with Crippen LogP contribution in [0.2, 0.25) is 0 Å². The Morgan fingerprint density at radius 1 is 0.767 bits per heavy atom. The summed E-state index contributed by atoms with van der Waals surface area (Å²) in [6.07, 6.45) is 14.3. The standard InChI is InChI=1S/C24H34O4S.Na/c1-2-3-4-5-6-7-8-9-10-11-14-21-17-19-22(20-18-21)28-23-15-12-13-16-24(23)29(25,26)27;/h12-13,15-20H,2-11,14H2,1H3,(H,25,26,27);/q;+1/p-1. The zero-order valence-corrected chi connectivity index (χ0v) is 21.3. The van der Waals surface area contributed by atoms with Crippen molar-refractivity contribution in [1.29, 1.82) is 0 Å². The molecule has 6 heteroatoms. The fourth-order valence-electron chi connectivity index (χ4n) is 3.41. The van der Waals surface area contributed by atoms with Crippen LogP contribution in [0.5, 0.6) is 11.5 Å². The van der Waals surface area contributed by atoms with E-state index in [9.17, 15) is 13.0 Å². The maximum atomic E-state index is 11.3. The third-order valence-electron chi connectivity index (χ3n) is 5.09. The summed E-state index contributed by atoms with van der Waals surface area (Å²) < 4.78 is 39.6. The van der Waals surface area contributed by atoms with Crippen LogP contribution in [0.25, 0.3) is 0 Å². The Hall–Kier alpha value is -0.850. The predicted molar refractivity (Wildman–Crippen MR) is 116 cm³/mol. The van der Waals surface area contributed by atoms with Crippen LogP contribution in [0, 0.1) is 0 Å². The summed E-state index contributed by atoms with van der Waals surface area (Å²) in [7, 11) is -4.56. The summed E-state index contributed by atoms with van der Waals surface area (Å²) >= 11 is 0. The molecule has 0 radical (unpaired) electrons. The Kier molecular flexibility index (Phi) is 13.6. The molecule has 2 rings (SSSR count). The van der Waals surface area contributed by atoms with Crippen LogP contribution in [0.15, 0.2) is 53.4 Å². The maximum absolute atomic E-state index is 11.3. The van der Waals surface area contributed by atoms with E-state index in [0.717, 1.165) is 6.42 Å². The van der Waals surface area contributed by atoms with Gasteiger partial charge in [-0.05, 0) is 42.7 Å². The third-order valence-corrected chi connectivity index (χ3v) is 5.96. The normalized spacial score (nSPS) is 11.1. The van der Waals surface area contributed by atoms with E-state index >= 15 is 0 Å². The van der Waals surface area contributed by atoms with E-state index in [1.165, 1.54) is 88.0 Å². The zero-order chi connectivity index (χ0) is 21.0. The van der Waals surface area contributed by atoms with E-state index in [4.69, 9.17) is 4.74 Å². The smallest absolute Gasteiger partial charge is 0.744 e. The van der Waals surface area contributed by atoms with E-state index in [-0.39, 0.29) is 40.2 Å². The molecule has 0 N–H and O–H groups in total. The number of benzene rings is 2. The van der Waals surface area contributed by atoms with Gasteiger partial charge in [0, 0.05) is 0 Å². The maximum Gasteiger partial charge on any atom is 1.00 e. The van der Waals surface area contributed by atoms with Crippen molar-refractivity contribution in [3.05, 3.63) is 54.1 Å². The van der Waals surface area contributed by atoms with Gasteiger partial charge in [-0.25, -0.2) is 8.42 Å². The van der Waals surface area contributed by atoms with E-state index in [2.05, 4.69) is 6.92 Å². The molecule has 2 aromatic rings. The quantitative estimate of drug-likeness (QED) is 0.254. The molecule has 0 saturated carbocycles. The summed E-state index contributed by atoms with van der Waals surface area (Å²) in [5, 5.41) is 0. The van der Waals surface area contributed by atoms with Crippen LogP contribution < -0.4 is 34.3 Å². The van der Waals surface area contributed by atoms with Gasteiger partial charge in [0.25, 0.3) is 0 Å². The zero-order valence-electron chi connectivity index (χ0n) is 18.4. The van der Waals surface area contributed by atoms with Crippen LogP contribution in [0.4, 0.5) is 0 Å². The molecular weight excluding hydrogens is 407 g/mol. The number of rotatable bonds is 14. The number of aryl methyl sites for hydroxylation is 1. The topological polar surface area (TPSA) is 66.4 Å². The molecule has 0 aliphatic heterocycles. The summed E-state index contributed by atoms with van der Waals surface area (Å²) in [5.74, 6) is 0.581. The number of ether oxygens (including phenoxy) is 1. The van der Waals surface area contributed by atoms with Crippen LogP contribution >= 0.6 is 0 Å². The first kappa shape index (κ1) is 27.2. The number of unbranched alkanes of at least 4 members (excludes halogenated alkanes) is 9. The second-order valence-electron chi connectivity index (χ2n) is 7.58. The Labute approximate surface area is 204 Å². The predicted octanol–water partition coefficient (Wildman–Crippen LogP) is 3.85. The molecule has 0 unspecified atom stereocenters. The van der Waals surface area contributed by atoms with Crippen molar-refractivity contribution in [2.45, 2.75) is 82.4 Å². The first-order valence-electron chi connectivity index (χ1n) is 10.8. The number of hydrogen-bond acceptors (Lipinski definition) is 4. The van der Waals surface area contributed by atoms with Crippen molar-refractivity contribution in [3.63, 3.8) is 0 Å². The molecule has 0 fully saturated rings. The number of para-hydroxylation sites is 1. The first-order chi connectivity index (χ1) is 14.0. The van der Waals surface area contributed by atoms with Gasteiger partial charge in [0.05, 0.1) is 4.90 Å². The van der Waals surface area contributed by atoms with Crippen LogP contribution in [0.1, 0.15) is 76.7 Å². The molecule has 0 amide bonds. The fourth-order valence-corrected chi connectivity index (χ4v) is 4.01. The van der Waals surface area contributed by atoms with Crippen LogP contribution in [0.3, 0.4) is 0 Å². The fraction of sp³-hybridized carbons (Fsp3) is 0.500. The Balaban J connectivity index is 0.00000450. The molecule has 0 heterocycles. The Bertz CT molecular complexity index is 819. The molecule has 0 bridgehead atoms. The molecule has 30 heavy (non-hydrogen) atoms. The first-order valence-corrected chi connectivity index (χ1v) is 12.2. The summed E-state index contributed by atoms with van der Waals surface area (Å²) in [5.41, 5.74) is 1.24. The van der Waals surface area contributed by atoms with Crippen LogP contribution in [-0.2, 0) is 16.5 Å². The SMILES string of the molecule is CCCCCCCCCCCCc1ccc(Oc2ccccc2S(=O)(=O)[O-])cc1.[Na+]. The van der Waals surface area contributed by atoms with Gasteiger partial charge in [0.2, 0.25) is 0 Å². The van der Waals surface area contributed by atoms with Crippen molar-refractivity contribution >= 4 is 10.1 Å². The van der Waals surface area contributed by atoms with E-state index < -0.39 is 10.1 Å². The Morgan fingerprint density at radius 3 is 1.87 bits per heavy atom. The summed E-state index contributed by atoms with van der Waals surface area (Å²) in [6.45, 7) is 2.25. The van der Waals surface area contributed by atoms with Crippen molar-refractivity contribution in [1.82, 2.24) is 0 Å². The van der Waals surface area contributed by atoms with Gasteiger partial charge >= 0.3 is 29.6 Å². The second kappa shape index (κ2) is 15.0. The molecule has 0 spiro atoms. The van der Waals surface area contributed by atoms with Gasteiger partial charge in [-0.1, -0.05) is 89.0 Å². The molecule has 160 valence electrons. The van der Waals surface area contributed by atoms with E-state index in [1.54, 1.807) is 6.07 Å². The summed E-state index contributed by atoms with van der Waals surface area (Å²) in [6, 6.07) is 13.5. The monoisotopic (exact) mass is 440 g/mol. The van der Waals surface area contributed by atoms with Gasteiger partial charge in [0.1, 0.15) is 21.6 Å². The minimum absolute atomic E-state index is 0. The number of hydrogen-bond donors (Lipinski definition) is 0. The second-order valence-corrected chi connectivity index (χ2v) is 8.93. The molecule has 4 nitrogen and oxygen atoms in total. The van der Waals surface area contributed by atoms with Crippen LogP contribution in [-0.4, -0.2) is 13.0 Å². The van der Waals surface area contributed by atoms with Gasteiger partial charge in [-0.2, -0.15) is 0 Å². The largest absolute Gasteiger partial charge is 1.00 e. The van der Waals surface area contributed by atoms with Gasteiger partial charge < -0.3 is 9.29 Å². The average molecular weight is 441 g/mol. The molecule has 0 aliphatic carbocycles. The van der Waals surface area contributed by atoms with Gasteiger partial charge in [-0.15, -0.1) is 0 Å². The van der Waals surface area contributed by atoms with Crippen molar-refractivity contribution in [2.75, 3.05) is 0 Å². The van der Waals surface area contributed by atoms with E-state index in [0.29, 0.717) is 5.75 Å².